The van der Waals surface area contributed by atoms with Gasteiger partial charge in [0.1, 0.15) is 0 Å². The van der Waals surface area contributed by atoms with Crippen LogP contribution in [-0.2, 0) is 14.3 Å². The SMILES string of the molecule is CCCCCC/C=C\C/C=C\CCCCCCCC(=O)OCCCCCCCCCCCCCC/C=C\CCCCCCCCCCC(=O)NC(CO)C(O)CCCCCCCCCCCCCCCCCCCC. The number of hydrogen-bond donors (Lipinski definition) is 3. The second kappa shape index (κ2) is 64.6. The predicted octanol–water partition coefficient (Wildman–Crippen LogP) is 21.5. The Balaban J connectivity index is 3.41. The fraction of sp³-hybridized carbons (Fsp3) is 0.884. The van der Waals surface area contributed by atoms with Crippen molar-refractivity contribution in [2.24, 2.45) is 0 Å². The molecule has 442 valence electrons. The van der Waals surface area contributed by atoms with Gasteiger partial charge in [-0.15, -0.1) is 0 Å². The molecule has 2 unspecified atom stereocenters. The monoisotopic (exact) mass is 1050 g/mol. The highest BCUT2D eigenvalue weighted by Crippen LogP contribution is 2.18. The highest BCUT2D eigenvalue weighted by atomic mass is 16.5. The van der Waals surface area contributed by atoms with Crippen LogP contribution >= 0.6 is 0 Å². The van der Waals surface area contributed by atoms with Crippen LogP contribution in [0.2, 0.25) is 0 Å². The zero-order valence-corrected chi connectivity index (χ0v) is 50.5. The number of ether oxygens (including phenoxy) is 1. The molecule has 0 heterocycles. The van der Waals surface area contributed by atoms with Crippen molar-refractivity contribution in [1.29, 1.82) is 0 Å². The summed E-state index contributed by atoms with van der Waals surface area (Å²) in [6.45, 7) is 4.95. The van der Waals surface area contributed by atoms with Gasteiger partial charge in [0, 0.05) is 12.8 Å². The van der Waals surface area contributed by atoms with Gasteiger partial charge in [-0.2, -0.15) is 0 Å². The summed E-state index contributed by atoms with van der Waals surface area (Å²) in [6, 6.07) is -0.546. The van der Waals surface area contributed by atoms with Crippen molar-refractivity contribution in [2.45, 2.75) is 379 Å². The molecule has 0 spiro atoms. The minimum Gasteiger partial charge on any atom is -0.466 e. The second-order valence-corrected chi connectivity index (χ2v) is 23.1. The summed E-state index contributed by atoms with van der Waals surface area (Å²) in [7, 11) is 0. The molecule has 1 amide bonds. The van der Waals surface area contributed by atoms with Crippen LogP contribution in [0.1, 0.15) is 367 Å². The van der Waals surface area contributed by atoms with Crippen LogP contribution in [0.15, 0.2) is 36.5 Å². The highest BCUT2D eigenvalue weighted by molar-refractivity contribution is 5.76. The fourth-order valence-corrected chi connectivity index (χ4v) is 10.5. The van der Waals surface area contributed by atoms with E-state index in [0.29, 0.717) is 25.9 Å². The number of allylic oxidation sites excluding steroid dienone is 6. The molecular weight excluding hydrogens is 923 g/mol. The zero-order chi connectivity index (χ0) is 54.3. The molecule has 3 N–H and O–H groups in total. The summed E-state index contributed by atoms with van der Waals surface area (Å²) >= 11 is 0. The third kappa shape index (κ3) is 61.2. The van der Waals surface area contributed by atoms with Gasteiger partial charge >= 0.3 is 5.97 Å². The third-order valence-corrected chi connectivity index (χ3v) is 15.7. The molecule has 0 bridgehead atoms. The first-order valence-electron chi connectivity index (χ1n) is 33.7. The van der Waals surface area contributed by atoms with E-state index in [1.54, 1.807) is 0 Å². The van der Waals surface area contributed by atoms with Crippen molar-refractivity contribution in [3.05, 3.63) is 36.5 Å². The Morgan fingerprint density at radius 3 is 1.04 bits per heavy atom. The molecule has 0 aliphatic heterocycles. The topological polar surface area (TPSA) is 95.9 Å². The first-order valence-corrected chi connectivity index (χ1v) is 33.7. The summed E-state index contributed by atoms with van der Waals surface area (Å²) < 4.78 is 5.49. The standard InChI is InChI=1S/C69H131NO5/c1-3-5-7-9-11-13-15-17-19-21-30-33-37-41-45-49-53-57-61-67(72)66(65-71)70-68(73)62-58-54-50-46-42-38-34-31-28-26-24-22-23-25-27-29-32-36-40-44-48-52-56-60-64-75-69(74)63-59-55-51-47-43-39-35-20-18-16-14-12-10-8-6-4-2/h14,16,20,24,26,35,66-67,71-72H,3-13,15,17-19,21-23,25,27-34,36-65H2,1-2H3,(H,70,73)/b16-14-,26-24-,35-20-. The maximum absolute atomic E-state index is 12.5. The number of unbranched alkanes of at least 4 members (excludes halogenated alkanes) is 46. The van der Waals surface area contributed by atoms with Gasteiger partial charge in [0.25, 0.3) is 0 Å². The fourth-order valence-electron chi connectivity index (χ4n) is 10.5. The molecule has 0 saturated heterocycles. The Bertz CT molecular complexity index is 1210. The van der Waals surface area contributed by atoms with Crippen LogP contribution in [0.4, 0.5) is 0 Å². The average molecular weight is 1050 g/mol. The summed E-state index contributed by atoms with van der Waals surface area (Å²) in [5.41, 5.74) is 0. The van der Waals surface area contributed by atoms with E-state index in [4.69, 9.17) is 4.74 Å². The third-order valence-electron chi connectivity index (χ3n) is 15.7. The predicted molar refractivity (Wildman–Crippen MR) is 329 cm³/mol. The second-order valence-electron chi connectivity index (χ2n) is 23.1. The van der Waals surface area contributed by atoms with Gasteiger partial charge in [0.2, 0.25) is 5.91 Å². The maximum Gasteiger partial charge on any atom is 0.305 e. The number of esters is 1. The molecule has 6 nitrogen and oxygen atoms in total. The lowest BCUT2D eigenvalue weighted by Crippen LogP contribution is -2.45. The normalized spacial score (nSPS) is 12.7. The van der Waals surface area contributed by atoms with E-state index in [-0.39, 0.29) is 18.5 Å². The average Bonchev–Trinajstić information content (AvgIpc) is 3.41. The van der Waals surface area contributed by atoms with E-state index >= 15 is 0 Å². The Hall–Kier alpha value is -1.92. The van der Waals surface area contributed by atoms with Crippen molar-refractivity contribution in [2.75, 3.05) is 13.2 Å². The lowest BCUT2D eigenvalue weighted by molar-refractivity contribution is -0.143. The maximum atomic E-state index is 12.5. The first kappa shape index (κ1) is 73.1. The molecule has 0 aliphatic carbocycles. The Labute approximate surface area is 468 Å². The van der Waals surface area contributed by atoms with Crippen molar-refractivity contribution in [1.82, 2.24) is 5.32 Å². The molecule has 0 rings (SSSR count). The summed E-state index contributed by atoms with van der Waals surface area (Å²) in [6.07, 6.45) is 81.7. The molecule has 0 aromatic rings. The molecule has 0 aromatic carbocycles. The molecule has 0 fully saturated rings. The van der Waals surface area contributed by atoms with Crippen LogP contribution in [-0.4, -0.2) is 47.4 Å². The molecular formula is C69H131NO5. The van der Waals surface area contributed by atoms with Gasteiger partial charge in [0.15, 0.2) is 0 Å². The quantitative estimate of drug-likeness (QED) is 0.0320. The molecule has 75 heavy (non-hydrogen) atoms. The van der Waals surface area contributed by atoms with Crippen LogP contribution in [0.3, 0.4) is 0 Å². The smallest absolute Gasteiger partial charge is 0.305 e. The van der Waals surface area contributed by atoms with Crippen molar-refractivity contribution in [3.8, 4) is 0 Å². The molecule has 0 aromatic heterocycles. The van der Waals surface area contributed by atoms with E-state index in [1.807, 2.05) is 0 Å². The van der Waals surface area contributed by atoms with Gasteiger partial charge in [-0.1, -0.05) is 307 Å². The van der Waals surface area contributed by atoms with Gasteiger partial charge in [-0.05, 0) is 83.5 Å². The minimum atomic E-state index is -0.668. The Morgan fingerprint density at radius 2 is 0.667 bits per heavy atom. The van der Waals surface area contributed by atoms with Gasteiger partial charge < -0.3 is 20.3 Å². The van der Waals surface area contributed by atoms with Crippen molar-refractivity contribution in [3.63, 3.8) is 0 Å². The number of carbonyl (C=O) groups excluding carboxylic acids is 2. The summed E-state index contributed by atoms with van der Waals surface area (Å²) in [5.74, 6) is -0.0374. The first-order chi connectivity index (χ1) is 37.0. The number of aliphatic hydroxyl groups is 2. The molecule has 0 saturated carbocycles. The lowest BCUT2D eigenvalue weighted by Gasteiger charge is -2.22. The van der Waals surface area contributed by atoms with Crippen molar-refractivity contribution < 1.29 is 24.5 Å². The Morgan fingerprint density at radius 1 is 0.373 bits per heavy atom. The van der Waals surface area contributed by atoms with Crippen LogP contribution < -0.4 is 5.32 Å². The number of carbonyl (C=O) groups is 2. The minimum absolute atomic E-state index is 0.000550. The van der Waals surface area contributed by atoms with E-state index in [1.165, 1.54) is 283 Å². The number of aliphatic hydroxyl groups excluding tert-OH is 2. The summed E-state index contributed by atoms with van der Waals surface area (Å²) in [5, 5.41) is 23.4. The molecule has 0 radical (unpaired) electrons. The lowest BCUT2D eigenvalue weighted by atomic mass is 10.0. The Kier molecular flexibility index (Phi) is 63.0. The number of hydrogen-bond acceptors (Lipinski definition) is 5. The van der Waals surface area contributed by atoms with E-state index in [9.17, 15) is 19.8 Å². The van der Waals surface area contributed by atoms with Gasteiger partial charge in [-0.3, -0.25) is 9.59 Å². The van der Waals surface area contributed by atoms with E-state index < -0.39 is 12.1 Å². The van der Waals surface area contributed by atoms with Crippen molar-refractivity contribution >= 4 is 11.9 Å². The van der Waals surface area contributed by atoms with E-state index in [0.717, 1.165) is 51.4 Å². The van der Waals surface area contributed by atoms with Crippen LogP contribution in [0.5, 0.6) is 0 Å². The molecule has 2 atom stereocenters. The molecule has 0 aliphatic rings. The molecule has 6 heteroatoms. The van der Waals surface area contributed by atoms with Gasteiger partial charge in [0.05, 0.1) is 25.4 Å². The van der Waals surface area contributed by atoms with E-state index in [2.05, 4.69) is 55.6 Å². The van der Waals surface area contributed by atoms with Crippen LogP contribution in [0, 0.1) is 0 Å². The number of nitrogens with one attached hydrogen (secondary N) is 1. The largest absolute Gasteiger partial charge is 0.466 e. The number of amides is 1. The summed E-state index contributed by atoms with van der Waals surface area (Å²) in [4.78, 5) is 24.6. The number of rotatable bonds is 63. The van der Waals surface area contributed by atoms with Crippen LogP contribution in [0.25, 0.3) is 0 Å². The zero-order valence-electron chi connectivity index (χ0n) is 50.5. The highest BCUT2D eigenvalue weighted by Gasteiger charge is 2.20. The van der Waals surface area contributed by atoms with Gasteiger partial charge in [-0.25, -0.2) is 0 Å².